The van der Waals surface area contributed by atoms with Gasteiger partial charge in [0, 0.05) is 25.1 Å². The van der Waals surface area contributed by atoms with Crippen molar-refractivity contribution in [3.63, 3.8) is 0 Å². The largest absolute Gasteiger partial charge is 0.381 e. The second kappa shape index (κ2) is 7.37. The van der Waals surface area contributed by atoms with Gasteiger partial charge in [-0.2, -0.15) is 0 Å². The molecule has 1 unspecified atom stereocenters. The molecule has 2 spiro atoms. The van der Waals surface area contributed by atoms with E-state index in [1.807, 2.05) is 31.3 Å². The molecule has 0 aromatic heterocycles. The molecule has 1 heterocycles. The van der Waals surface area contributed by atoms with Crippen LogP contribution in [0.1, 0.15) is 43.2 Å². The minimum Gasteiger partial charge on any atom is -0.381 e. The number of aliphatic imine (C=N–C) groups is 1. The molecule has 3 aliphatic rings. The highest BCUT2D eigenvalue weighted by Gasteiger charge is 2.61. The number of nitrogens with zero attached hydrogens (tertiary/aromatic N) is 3. The second-order valence-corrected chi connectivity index (χ2v) is 8.95. The summed E-state index contributed by atoms with van der Waals surface area (Å²) in [5, 5.41) is 1.62. The van der Waals surface area contributed by atoms with Gasteiger partial charge in [-0.1, -0.05) is 30.3 Å². The molecule has 1 aliphatic heterocycles. The van der Waals surface area contributed by atoms with Gasteiger partial charge in [0.15, 0.2) is 5.69 Å². The minimum atomic E-state index is -0.814. The van der Waals surface area contributed by atoms with Crippen LogP contribution in [0.25, 0.3) is 16.0 Å². The standard InChI is InChI=1S/C25H28N4O2/c1-27-20-6-4-5-18(15-20)19-8-7-17-9-12-24(13-10-21(30-3)11-14-24)25(22(17)16-19)28-23(26)29(2)31-25/h4-8,15-16,21H,9-14H2,2-3H3,(H2,26,28). The third-order valence-electron chi connectivity index (χ3n) is 7.46. The van der Waals surface area contributed by atoms with E-state index in [0.29, 0.717) is 17.8 Å². The number of hydrogen-bond acceptors (Lipinski definition) is 5. The molecular formula is C25H28N4O2. The predicted molar refractivity (Wildman–Crippen MR) is 120 cm³/mol. The maximum absolute atomic E-state index is 7.35. The van der Waals surface area contributed by atoms with Gasteiger partial charge in [-0.05, 0) is 67.3 Å². The fourth-order valence-corrected chi connectivity index (χ4v) is 5.66. The molecule has 2 N–H and O–H groups in total. The van der Waals surface area contributed by atoms with Crippen molar-refractivity contribution in [2.45, 2.75) is 50.4 Å². The predicted octanol–water partition coefficient (Wildman–Crippen LogP) is 4.77. The first-order chi connectivity index (χ1) is 15.0. The van der Waals surface area contributed by atoms with E-state index in [-0.39, 0.29) is 5.41 Å². The van der Waals surface area contributed by atoms with Crippen LogP contribution in [0.3, 0.4) is 0 Å². The SMILES string of the molecule is [C-]#[N+]c1cccc(-c2ccc3c(c2)C2(N=C(N)N(C)O2)C2(CC3)CCC(OC)CC2)c1. The van der Waals surface area contributed by atoms with Crippen LogP contribution in [-0.4, -0.2) is 31.3 Å². The van der Waals surface area contributed by atoms with E-state index >= 15 is 0 Å². The van der Waals surface area contributed by atoms with Gasteiger partial charge >= 0.3 is 0 Å². The summed E-state index contributed by atoms with van der Waals surface area (Å²) in [5.41, 5.74) is 10.4. The zero-order valence-corrected chi connectivity index (χ0v) is 18.1. The Labute approximate surface area is 183 Å². The van der Waals surface area contributed by atoms with E-state index < -0.39 is 5.72 Å². The van der Waals surface area contributed by atoms with Crippen LogP contribution in [0.4, 0.5) is 5.69 Å². The molecule has 1 atom stereocenters. The van der Waals surface area contributed by atoms with Crippen LogP contribution >= 0.6 is 0 Å². The number of guanidine groups is 1. The van der Waals surface area contributed by atoms with Crippen molar-refractivity contribution in [2.75, 3.05) is 14.2 Å². The first kappa shape index (κ1) is 20.0. The zero-order valence-electron chi connectivity index (χ0n) is 18.1. The highest BCUT2D eigenvalue weighted by molar-refractivity contribution is 5.79. The van der Waals surface area contributed by atoms with Gasteiger partial charge in [-0.15, -0.1) is 0 Å². The van der Waals surface area contributed by atoms with E-state index in [2.05, 4.69) is 23.0 Å². The maximum Gasteiger partial charge on any atom is 0.220 e. The van der Waals surface area contributed by atoms with E-state index in [0.717, 1.165) is 55.2 Å². The summed E-state index contributed by atoms with van der Waals surface area (Å²) >= 11 is 0. The Morgan fingerprint density at radius 2 is 1.94 bits per heavy atom. The number of nitrogens with two attached hydrogens (primary N) is 1. The Morgan fingerprint density at radius 1 is 1.16 bits per heavy atom. The molecule has 0 amide bonds. The minimum absolute atomic E-state index is 0.110. The molecule has 0 saturated heterocycles. The lowest BCUT2D eigenvalue weighted by Crippen LogP contribution is -2.51. The molecule has 6 nitrogen and oxygen atoms in total. The number of rotatable bonds is 2. The molecule has 1 fully saturated rings. The lowest BCUT2D eigenvalue weighted by atomic mass is 9.58. The van der Waals surface area contributed by atoms with Crippen molar-refractivity contribution in [1.82, 2.24) is 5.06 Å². The molecule has 2 aliphatic carbocycles. The van der Waals surface area contributed by atoms with E-state index in [1.165, 1.54) is 5.56 Å². The van der Waals surface area contributed by atoms with Gasteiger partial charge < -0.3 is 10.5 Å². The number of fused-ring (bicyclic) bond motifs is 3. The molecule has 6 heteroatoms. The number of hydroxylamine groups is 2. The lowest BCUT2D eigenvalue weighted by Gasteiger charge is -2.52. The quantitative estimate of drug-likeness (QED) is 0.716. The lowest BCUT2D eigenvalue weighted by molar-refractivity contribution is -0.245. The van der Waals surface area contributed by atoms with Gasteiger partial charge in [-0.3, -0.25) is 0 Å². The zero-order chi connectivity index (χ0) is 21.6. The van der Waals surface area contributed by atoms with Gasteiger partial charge in [0.05, 0.1) is 12.7 Å². The summed E-state index contributed by atoms with van der Waals surface area (Å²) in [4.78, 5) is 15.1. The van der Waals surface area contributed by atoms with Gasteiger partial charge in [0.25, 0.3) is 0 Å². The summed E-state index contributed by atoms with van der Waals surface area (Å²) in [6.45, 7) is 7.35. The highest BCUT2D eigenvalue weighted by Crippen LogP contribution is 2.60. The third kappa shape index (κ3) is 3.03. The van der Waals surface area contributed by atoms with Crippen LogP contribution in [-0.2, 0) is 21.7 Å². The number of aryl methyl sites for hydroxylation is 1. The van der Waals surface area contributed by atoms with Crippen molar-refractivity contribution >= 4 is 11.6 Å². The van der Waals surface area contributed by atoms with Crippen LogP contribution in [0.5, 0.6) is 0 Å². The molecule has 2 aromatic carbocycles. The molecular weight excluding hydrogens is 388 g/mol. The number of ether oxygens (including phenoxy) is 1. The number of benzene rings is 2. The average molecular weight is 417 g/mol. The Kier molecular flexibility index (Phi) is 4.76. The first-order valence-electron chi connectivity index (χ1n) is 10.9. The fourth-order valence-electron chi connectivity index (χ4n) is 5.66. The Bertz CT molecular complexity index is 1080. The van der Waals surface area contributed by atoms with Crippen molar-refractivity contribution in [2.24, 2.45) is 16.1 Å². The summed E-state index contributed by atoms with van der Waals surface area (Å²) in [7, 11) is 3.63. The summed E-state index contributed by atoms with van der Waals surface area (Å²) < 4.78 is 5.65. The van der Waals surface area contributed by atoms with E-state index in [1.54, 1.807) is 12.2 Å². The van der Waals surface area contributed by atoms with Crippen molar-refractivity contribution in [3.05, 3.63) is 65.0 Å². The molecule has 160 valence electrons. The van der Waals surface area contributed by atoms with Gasteiger partial charge in [0.1, 0.15) is 0 Å². The monoisotopic (exact) mass is 416 g/mol. The third-order valence-corrected chi connectivity index (χ3v) is 7.46. The highest BCUT2D eigenvalue weighted by atomic mass is 16.7. The average Bonchev–Trinajstić information content (AvgIpc) is 3.12. The Balaban J connectivity index is 1.65. The normalized spacial score (nSPS) is 29.6. The van der Waals surface area contributed by atoms with Gasteiger partial charge in [-0.25, -0.2) is 19.7 Å². The molecule has 0 radical (unpaired) electrons. The van der Waals surface area contributed by atoms with Crippen LogP contribution in [0.2, 0.25) is 0 Å². The van der Waals surface area contributed by atoms with Crippen molar-refractivity contribution < 1.29 is 9.57 Å². The van der Waals surface area contributed by atoms with E-state index in [9.17, 15) is 0 Å². The van der Waals surface area contributed by atoms with Crippen LogP contribution in [0.15, 0.2) is 47.5 Å². The summed E-state index contributed by atoms with van der Waals surface area (Å²) in [6.07, 6.45) is 6.31. The molecule has 2 aromatic rings. The topological polar surface area (TPSA) is 64.4 Å². The first-order valence-corrected chi connectivity index (χ1v) is 10.9. The fraction of sp³-hybridized carbons (Fsp3) is 0.440. The van der Waals surface area contributed by atoms with E-state index in [4.69, 9.17) is 26.9 Å². The Morgan fingerprint density at radius 3 is 2.61 bits per heavy atom. The van der Waals surface area contributed by atoms with Crippen LogP contribution < -0.4 is 5.73 Å². The number of methoxy groups -OCH3 is 1. The molecule has 5 rings (SSSR count). The van der Waals surface area contributed by atoms with Gasteiger partial charge in [0.2, 0.25) is 11.7 Å². The van der Waals surface area contributed by atoms with Crippen LogP contribution in [0, 0.1) is 12.0 Å². The van der Waals surface area contributed by atoms with Crippen molar-refractivity contribution in [3.8, 4) is 11.1 Å². The maximum atomic E-state index is 7.35. The molecule has 31 heavy (non-hydrogen) atoms. The second-order valence-electron chi connectivity index (χ2n) is 8.95. The number of hydrogen-bond donors (Lipinski definition) is 1. The smallest absolute Gasteiger partial charge is 0.220 e. The van der Waals surface area contributed by atoms with Crippen molar-refractivity contribution in [1.29, 1.82) is 0 Å². The Hall–Kier alpha value is -2.88. The summed E-state index contributed by atoms with van der Waals surface area (Å²) in [6, 6.07) is 14.3. The molecule has 0 bridgehead atoms. The molecule has 1 saturated carbocycles. The summed E-state index contributed by atoms with van der Waals surface area (Å²) in [5.74, 6) is 0.418.